The molecule has 0 aliphatic heterocycles. The van der Waals surface area contributed by atoms with Crippen molar-refractivity contribution in [3.05, 3.63) is 64.5 Å². The lowest BCUT2D eigenvalue weighted by molar-refractivity contribution is -0.153. The molecule has 0 saturated carbocycles. The monoisotopic (exact) mass is 381 g/mol. The predicted molar refractivity (Wildman–Crippen MR) is 91.5 cm³/mol. The number of ether oxygens (including phenoxy) is 1. The molecule has 142 valence electrons. The fourth-order valence-electron chi connectivity index (χ4n) is 2.64. The molecule has 0 aliphatic carbocycles. The predicted octanol–water partition coefficient (Wildman–Crippen LogP) is 3.49. The van der Waals surface area contributed by atoms with E-state index in [0.717, 1.165) is 10.6 Å². The van der Waals surface area contributed by atoms with Crippen LogP contribution in [0.5, 0.6) is 5.75 Å². The number of alkyl halides is 3. The fraction of sp³-hybridized carbons (Fsp3) is 0.222. The number of aromatic nitrogens is 2. The van der Waals surface area contributed by atoms with Crippen molar-refractivity contribution in [3.63, 3.8) is 0 Å². The van der Waals surface area contributed by atoms with Crippen molar-refractivity contribution in [2.75, 3.05) is 6.61 Å². The Morgan fingerprint density at radius 2 is 1.93 bits per heavy atom. The Labute approximate surface area is 151 Å². The first-order valence-corrected chi connectivity index (χ1v) is 7.94. The van der Waals surface area contributed by atoms with Crippen LogP contribution in [0.2, 0.25) is 0 Å². The maximum Gasteiger partial charge on any atom is 0.422 e. The van der Waals surface area contributed by atoms with Crippen LogP contribution in [0.3, 0.4) is 0 Å². The van der Waals surface area contributed by atoms with Gasteiger partial charge in [-0.3, -0.25) is 9.36 Å². The van der Waals surface area contributed by atoms with Crippen molar-refractivity contribution < 1.29 is 22.3 Å². The van der Waals surface area contributed by atoms with Gasteiger partial charge in [-0.05, 0) is 31.2 Å². The molecule has 0 saturated heterocycles. The molecule has 27 heavy (non-hydrogen) atoms. The first-order valence-electron chi connectivity index (χ1n) is 7.94. The van der Waals surface area contributed by atoms with E-state index in [2.05, 4.69) is 4.98 Å². The van der Waals surface area contributed by atoms with E-state index in [0.29, 0.717) is 0 Å². The number of halogens is 4. The number of hydrogen-bond acceptors (Lipinski definition) is 4. The van der Waals surface area contributed by atoms with E-state index in [-0.39, 0.29) is 28.2 Å². The van der Waals surface area contributed by atoms with Crippen LogP contribution in [-0.4, -0.2) is 22.3 Å². The third-order valence-corrected chi connectivity index (χ3v) is 3.76. The molecular formula is C18H15F4N3O2. The molecule has 5 nitrogen and oxygen atoms in total. The standard InChI is InChI=1S/C18H15F4N3O2/c1-10(23)16-24-14-7-3-6-13(19)15(14)17(26)25(16)11-4-2-5-12(8-11)27-9-18(20,21)22/h2-8,10H,9,23H2,1H3. The zero-order valence-corrected chi connectivity index (χ0v) is 14.1. The zero-order valence-electron chi connectivity index (χ0n) is 14.1. The quantitative estimate of drug-likeness (QED) is 0.703. The Bertz CT molecular complexity index is 1040. The van der Waals surface area contributed by atoms with Crippen LogP contribution in [0.15, 0.2) is 47.3 Å². The summed E-state index contributed by atoms with van der Waals surface area (Å²) in [6, 6.07) is 8.80. The van der Waals surface area contributed by atoms with Crippen molar-refractivity contribution in [1.82, 2.24) is 9.55 Å². The van der Waals surface area contributed by atoms with Crippen LogP contribution in [0.1, 0.15) is 18.8 Å². The second-order valence-electron chi connectivity index (χ2n) is 5.93. The van der Waals surface area contributed by atoms with Gasteiger partial charge in [0, 0.05) is 6.07 Å². The number of hydrogen-bond donors (Lipinski definition) is 1. The van der Waals surface area contributed by atoms with Crippen LogP contribution in [0.4, 0.5) is 17.6 Å². The Morgan fingerprint density at radius 1 is 1.22 bits per heavy atom. The van der Waals surface area contributed by atoms with Crippen molar-refractivity contribution in [2.45, 2.75) is 19.1 Å². The third kappa shape index (κ3) is 3.92. The van der Waals surface area contributed by atoms with Crippen LogP contribution >= 0.6 is 0 Å². The molecule has 2 N–H and O–H groups in total. The summed E-state index contributed by atoms with van der Waals surface area (Å²) in [6.07, 6.45) is -4.50. The van der Waals surface area contributed by atoms with Gasteiger partial charge in [-0.15, -0.1) is 0 Å². The van der Waals surface area contributed by atoms with E-state index < -0.39 is 30.2 Å². The van der Waals surface area contributed by atoms with Gasteiger partial charge in [-0.25, -0.2) is 9.37 Å². The van der Waals surface area contributed by atoms with E-state index >= 15 is 0 Å². The summed E-state index contributed by atoms with van der Waals surface area (Å²) in [6.45, 7) is 0.115. The number of benzene rings is 2. The summed E-state index contributed by atoms with van der Waals surface area (Å²) in [4.78, 5) is 17.2. The number of fused-ring (bicyclic) bond motifs is 1. The average Bonchev–Trinajstić information content (AvgIpc) is 2.59. The maximum absolute atomic E-state index is 14.2. The molecule has 1 atom stereocenters. The molecule has 0 amide bonds. The van der Waals surface area contributed by atoms with Crippen LogP contribution in [-0.2, 0) is 0 Å². The van der Waals surface area contributed by atoms with E-state index in [1.165, 1.54) is 36.4 Å². The first kappa shape index (κ1) is 18.8. The van der Waals surface area contributed by atoms with Crippen molar-refractivity contribution in [1.29, 1.82) is 0 Å². The summed E-state index contributed by atoms with van der Waals surface area (Å²) >= 11 is 0. The highest BCUT2D eigenvalue weighted by Gasteiger charge is 2.28. The fourth-order valence-corrected chi connectivity index (χ4v) is 2.64. The summed E-state index contributed by atoms with van der Waals surface area (Å²) in [5.74, 6) is -0.702. The van der Waals surface area contributed by atoms with Crippen molar-refractivity contribution in [3.8, 4) is 11.4 Å². The highest BCUT2D eigenvalue weighted by atomic mass is 19.4. The van der Waals surface area contributed by atoms with Gasteiger partial charge in [0.15, 0.2) is 6.61 Å². The average molecular weight is 381 g/mol. The summed E-state index contributed by atoms with van der Waals surface area (Å²) in [7, 11) is 0. The van der Waals surface area contributed by atoms with Gasteiger partial charge >= 0.3 is 6.18 Å². The molecule has 1 heterocycles. The lowest BCUT2D eigenvalue weighted by atomic mass is 10.2. The Balaban J connectivity index is 2.19. The topological polar surface area (TPSA) is 70.1 Å². The van der Waals surface area contributed by atoms with Gasteiger partial charge in [0.25, 0.3) is 5.56 Å². The molecule has 9 heteroatoms. The summed E-state index contributed by atoms with van der Waals surface area (Å²) in [5, 5.41) is -0.233. The third-order valence-electron chi connectivity index (χ3n) is 3.76. The molecule has 0 bridgehead atoms. The minimum atomic E-state index is -4.50. The minimum Gasteiger partial charge on any atom is -0.484 e. The molecule has 3 aromatic rings. The normalized spacial score (nSPS) is 13.0. The molecule has 2 aromatic carbocycles. The molecular weight excluding hydrogens is 366 g/mol. The Hall–Kier alpha value is -2.94. The second kappa shape index (κ2) is 6.99. The van der Waals surface area contributed by atoms with E-state index in [1.54, 1.807) is 6.92 Å². The summed E-state index contributed by atoms with van der Waals surface area (Å²) < 4.78 is 57.1. The van der Waals surface area contributed by atoms with Gasteiger partial charge in [0.05, 0.1) is 17.2 Å². The molecule has 1 unspecified atom stereocenters. The lowest BCUT2D eigenvalue weighted by Crippen LogP contribution is -2.28. The number of rotatable bonds is 4. The molecule has 0 radical (unpaired) electrons. The van der Waals surface area contributed by atoms with Crippen LogP contribution < -0.4 is 16.0 Å². The maximum atomic E-state index is 14.2. The van der Waals surface area contributed by atoms with E-state index in [9.17, 15) is 22.4 Å². The number of nitrogens with zero attached hydrogens (tertiary/aromatic N) is 2. The van der Waals surface area contributed by atoms with Gasteiger partial charge in [0.1, 0.15) is 22.8 Å². The SMILES string of the molecule is CC(N)c1nc2cccc(F)c2c(=O)n1-c1cccc(OCC(F)(F)F)c1. The van der Waals surface area contributed by atoms with Crippen molar-refractivity contribution >= 4 is 10.9 Å². The van der Waals surface area contributed by atoms with E-state index in [4.69, 9.17) is 10.5 Å². The highest BCUT2D eigenvalue weighted by molar-refractivity contribution is 5.78. The van der Waals surface area contributed by atoms with Crippen LogP contribution in [0.25, 0.3) is 16.6 Å². The minimum absolute atomic E-state index is 0.0963. The zero-order chi connectivity index (χ0) is 19.8. The summed E-state index contributed by atoms with van der Waals surface area (Å²) in [5.41, 5.74) is 5.52. The van der Waals surface area contributed by atoms with Crippen molar-refractivity contribution in [2.24, 2.45) is 5.73 Å². The highest BCUT2D eigenvalue weighted by Crippen LogP contribution is 2.23. The largest absolute Gasteiger partial charge is 0.484 e. The van der Waals surface area contributed by atoms with Gasteiger partial charge in [-0.2, -0.15) is 13.2 Å². The molecule has 3 rings (SSSR count). The van der Waals surface area contributed by atoms with Crippen LogP contribution in [0, 0.1) is 5.82 Å². The van der Waals surface area contributed by atoms with Gasteiger partial charge < -0.3 is 10.5 Å². The molecule has 0 spiro atoms. The van der Waals surface area contributed by atoms with E-state index in [1.807, 2.05) is 0 Å². The molecule has 0 fully saturated rings. The number of nitrogens with two attached hydrogens (primary N) is 1. The Kier molecular flexibility index (Phi) is 4.88. The van der Waals surface area contributed by atoms with Gasteiger partial charge in [-0.1, -0.05) is 12.1 Å². The lowest BCUT2D eigenvalue weighted by Gasteiger charge is -2.17. The second-order valence-corrected chi connectivity index (χ2v) is 5.93. The molecule has 1 aromatic heterocycles. The molecule has 0 aliphatic rings. The Morgan fingerprint density at radius 3 is 2.59 bits per heavy atom. The first-order chi connectivity index (χ1) is 12.7. The van der Waals surface area contributed by atoms with Gasteiger partial charge in [0.2, 0.25) is 0 Å². The smallest absolute Gasteiger partial charge is 0.422 e.